The van der Waals surface area contributed by atoms with Gasteiger partial charge in [-0.2, -0.15) is 0 Å². The van der Waals surface area contributed by atoms with E-state index in [2.05, 4.69) is 20.4 Å². The molecule has 0 bridgehead atoms. The van der Waals surface area contributed by atoms with E-state index < -0.39 is 11.9 Å². The van der Waals surface area contributed by atoms with E-state index in [1.165, 1.54) is 7.11 Å². The summed E-state index contributed by atoms with van der Waals surface area (Å²) in [6.07, 6.45) is 0. The minimum atomic E-state index is -0.612. The van der Waals surface area contributed by atoms with Gasteiger partial charge in [0.05, 0.1) is 18.2 Å². The van der Waals surface area contributed by atoms with Crippen LogP contribution in [0.25, 0.3) is 0 Å². The molecule has 0 spiro atoms. The Bertz CT molecular complexity index is 1320. The maximum atomic E-state index is 12.6. The topological polar surface area (TPSA) is 133 Å². The number of aryl methyl sites for hydroxylation is 2. The van der Waals surface area contributed by atoms with Crippen molar-refractivity contribution in [3.8, 4) is 11.5 Å². The highest BCUT2D eigenvalue weighted by Gasteiger charge is 2.28. The zero-order chi connectivity index (χ0) is 22.8. The van der Waals surface area contributed by atoms with Crippen LogP contribution in [0.2, 0.25) is 0 Å². The molecular weight excluding hydrogens is 412 g/mol. The number of carbonyl (C=O) groups is 1. The van der Waals surface area contributed by atoms with Crippen LogP contribution in [0.4, 0.5) is 0 Å². The highest BCUT2D eigenvalue weighted by atomic mass is 16.5. The fourth-order valence-corrected chi connectivity index (χ4v) is 3.79. The quantitative estimate of drug-likeness (QED) is 0.274. The van der Waals surface area contributed by atoms with Crippen molar-refractivity contribution < 1.29 is 14.3 Å². The van der Waals surface area contributed by atoms with Crippen molar-refractivity contribution in [2.75, 3.05) is 7.11 Å². The summed E-state index contributed by atoms with van der Waals surface area (Å²) in [4.78, 5) is 37.6. The minimum Gasteiger partial charge on any atom is -0.496 e. The summed E-state index contributed by atoms with van der Waals surface area (Å²) in [6, 6.07) is 13.5. The first-order valence-corrected chi connectivity index (χ1v) is 9.90. The molecule has 9 nitrogen and oxygen atoms in total. The molecule has 0 aliphatic carbocycles. The van der Waals surface area contributed by atoms with Gasteiger partial charge >= 0.3 is 5.97 Å². The van der Waals surface area contributed by atoms with E-state index in [0.717, 1.165) is 0 Å². The summed E-state index contributed by atoms with van der Waals surface area (Å²) >= 11 is 0. The number of esters is 1. The average Bonchev–Trinajstić information content (AvgIpc) is 3.31. The van der Waals surface area contributed by atoms with Gasteiger partial charge in [0.2, 0.25) is 0 Å². The van der Waals surface area contributed by atoms with Crippen LogP contribution < -0.4 is 20.6 Å². The van der Waals surface area contributed by atoms with E-state index in [1.54, 1.807) is 62.4 Å². The summed E-state index contributed by atoms with van der Waals surface area (Å²) in [6.45, 7) is 3.53. The van der Waals surface area contributed by atoms with E-state index in [1.807, 2.05) is 0 Å². The van der Waals surface area contributed by atoms with Gasteiger partial charge in [0, 0.05) is 17.3 Å². The van der Waals surface area contributed by atoms with Gasteiger partial charge in [0.25, 0.3) is 11.1 Å². The molecular formula is C23H22N4O5. The molecule has 0 fully saturated rings. The number of nitrogens with one attached hydrogen (secondary N) is 4. The first-order valence-electron chi connectivity index (χ1n) is 9.90. The Morgan fingerprint density at radius 1 is 0.812 bits per heavy atom. The number of rotatable bonds is 6. The van der Waals surface area contributed by atoms with Crippen molar-refractivity contribution >= 4 is 5.97 Å². The van der Waals surface area contributed by atoms with Crippen LogP contribution in [0.3, 0.4) is 0 Å². The Morgan fingerprint density at radius 2 is 1.38 bits per heavy atom. The van der Waals surface area contributed by atoms with Gasteiger partial charge in [0.1, 0.15) is 17.1 Å². The van der Waals surface area contributed by atoms with Crippen LogP contribution >= 0.6 is 0 Å². The number of hydrogen-bond acceptors (Lipinski definition) is 5. The smallest absolute Gasteiger partial charge is 0.347 e. The van der Waals surface area contributed by atoms with Crippen molar-refractivity contribution in [1.29, 1.82) is 0 Å². The number of methoxy groups -OCH3 is 1. The summed E-state index contributed by atoms with van der Waals surface area (Å²) in [7, 11) is 1.48. The fraction of sp³-hybridized carbons (Fsp3) is 0.174. The van der Waals surface area contributed by atoms with Crippen molar-refractivity contribution in [2.24, 2.45) is 0 Å². The molecule has 0 aliphatic rings. The van der Waals surface area contributed by atoms with Crippen LogP contribution in [0.5, 0.6) is 11.5 Å². The highest BCUT2D eigenvalue weighted by Crippen LogP contribution is 2.32. The molecule has 4 rings (SSSR count). The fourth-order valence-electron chi connectivity index (χ4n) is 3.79. The average molecular weight is 434 g/mol. The van der Waals surface area contributed by atoms with Crippen LogP contribution in [0.15, 0.2) is 58.1 Å². The van der Waals surface area contributed by atoms with Crippen LogP contribution in [-0.4, -0.2) is 33.5 Å². The second kappa shape index (κ2) is 8.46. The molecule has 0 radical (unpaired) electrons. The van der Waals surface area contributed by atoms with Gasteiger partial charge in [-0.1, -0.05) is 24.3 Å². The second-order valence-corrected chi connectivity index (χ2v) is 7.33. The van der Waals surface area contributed by atoms with Crippen molar-refractivity contribution in [2.45, 2.75) is 19.8 Å². The summed E-state index contributed by atoms with van der Waals surface area (Å²) in [5, 5.41) is 10.8. The molecule has 0 saturated heterocycles. The number of para-hydroxylation sites is 1. The maximum Gasteiger partial charge on any atom is 0.347 e. The second-order valence-electron chi connectivity index (χ2n) is 7.33. The zero-order valence-electron chi connectivity index (χ0n) is 17.7. The van der Waals surface area contributed by atoms with Crippen LogP contribution in [0, 0.1) is 13.8 Å². The number of hydrogen-bond donors (Lipinski definition) is 4. The van der Waals surface area contributed by atoms with Crippen LogP contribution in [-0.2, 0) is 0 Å². The van der Waals surface area contributed by atoms with Crippen molar-refractivity contribution in [3.05, 3.63) is 103 Å². The predicted octanol–water partition coefficient (Wildman–Crippen LogP) is 2.74. The normalized spacial score (nSPS) is 11.0. The van der Waals surface area contributed by atoms with Crippen LogP contribution in [0.1, 0.15) is 44.4 Å². The number of aromatic nitrogens is 4. The summed E-state index contributed by atoms with van der Waals surface area (Å²) in [5.74, 6) is -0.428. The number of carbonyl (C=O) groups excluding carboxylic acids is 1. The maximum absolute atomic E-state index is 12.6. The highest BCUT2D eigenvalue weighted by molar-refractivity contribution is 5.94. The number of H-pyrrole nitrogens is 4. The Hall–Kier alpha value is -4.27. The lowest BCUT2D eigenvalue weighted by molar-refractivity contribution is 0.0731. The lowest BCUT2D eigenvalue weighted by Gasteiger charge is -2.16. The van der Waals surface area contributed by atoms with E-state index in [-0.39, 0.29) is 11.1 Å². The number of aromatic amines is 4. The predicted molar refractivity (Wildman–Crippen MR) is 118 cm³/mol. The molecule has 0 unspecified atom stereocenters. The Labute approximate surface area is 182 Å². The van der Waals surface area contributed by atoms with Gasteiger partial charge in [-0.3, -0.25) is 19.8 Å². The lowest BCUT2D eigenvalue weighted by Crippen LogP contribution is -2.20. The van der Waals surface area contributed by atoms with Gasteiger partial charge in [-0.15, -0.1) is 0 Å². The van der Waals surface area contributed by atoms with E-state index in [0.29, 0.717) is 45.1 Å². The van der Waals surface area contributed by atoms with E-state index in [9.17, 15) is 14.4 Å². The largest absolute Gasteiger partial charge is 0.496 e. The molecule has 2 aromatic heterocycles. The molecule has 32 heavy (non-hydrogen) atoms. The third kappa shape index (κ3) is 3.76. The summed E-state index contributed by atoms with van der Waals surface area (Å²) in [5.41, 5.74) is 2.54. The molecule has 4 N–H and O–H groups in total. The van der Waals surface area contributed by atoms with Gasteiger partial charge < -0.3 is 19.7 Å². The third-order valence-electron chi connectivity index (χ3n) is 5.35. The minimum absolute atomic E-state index is 0.306. The molecule has 4 aromatic rings. The molecule has 0 atom stereocenters. The summed E-state index contributed by atoms with van der Waals surface area (Å²) < 4.78 is 10.7. The van der Waals surface area contributed by atoms with Gasteiger partial charge in [0.15, 0.2) is 0 Å². The Morgan fingerprint density at radius 3 is 1.88 bits per heavy atom. The first-order chi connectivity index (χ1) is 15.4. The SMILES string of the molecule is COc1ccccc1C(=O)Oc1ccc(C(c2c(C)[nH][nH]c2=O)c2c(C)[nH][nH]c2=O)cc1. The molecule has 0 aliphatic heterocycles. The Balaban J connectivity index is 1.70. The standard InChI is InChI=1S/C23H22N4O5/c1-12-18(21(28)26-24-12)20(19-13(2)25-27-22(19)29)14-8-10-15(11-9-14)32-23(30)16-6-4-5-7-17(16)31-3/h4-11,20H,1-3H3,(H2,24,26,28)(H2,25,27,29). The molecule has 0 amide bonds. The monoisotopic (exact) mass is 434 g/mol. The molecule has 0 saturated carbocycles. The van der Waals surface area contributed by atoms with Gasteiger partial charge in [-0.25, -0.2) is 4.79 Å². The van der Waals surface area contributed by atoms with E-state index in [4.69, 9.17) is 9.47 Å². The molecule has 2 heterocycles. The van der Waals surface area contributed by atoms with Crippen molar-refractivity contribution in [3.63, 3.8) is 0 Å². The number of benzene rings is 2. The zero-order valence-corrected chi connectivity index (χ0v) is 17.7. The van der Waals surface area contributed by atoms with Gasteiger partial charge in [-0.05, 0) is 43.7 Å². The Kier molecular flexibility index (Phi) is 5.55. The number of ether oxygens (including phenoxy) is 2. The third-order valence-corrected chi connectivity index (χ3v) is 5.35. The lowest BCUT2D eigenvalue weighted by atomic mass is 9.85. The molecule has 2 aromatic carbocycles. The molecule has 164 valence electrons. The van der Waals surface area contributed by atoms with Crippen molar-refractivity contribution in [1.82, 2.24) is 20.4 Å². The first kappa shape index (κ1) is 21.0. The van der Waals surface area contributed by atoms with E-state index >= 15 is 0 Å². The molecule has 9 heteroatoms.